The van der Waals surface area contributed by atoms with Gasteiger partial charge in [-0.15, -0.1) is 0 Å². The van der Waals surface area contributed by atoms with Gasteiger partial charge in [-0.3, -0.25) is 9.67 Å². The number of alkyl halides is 3. The van der Waals surface area contributed by atoms with Crippen LogP contribution in [0.25, 0.3) is 21.8 Å². The normalized spacial score (nSPS) is 12.4. The minimum atomic E-state index is -4.38. The highest BCUT2D eigenvalue weighted by atomic mass is 19.4. The van der Waals surface area contributed by atoms with E-state index in [4.69, 9.17) is 5.73 Å². The molecule has 0 saturated carbocycles. The first-order valence-electron chi connectivity index (χ1n) is 5.46. The molecule has 3 aromatic rings. The Hall–Kier alpha value is -2.31. The third kappa shape index (κ3) is 1.69. The van der Waals surface area contributed by atoms with E-state index in [1.54, 1.807) is 11.7 Å². The highest BCUT2D eigenvalue weighted by Crippen LogP contribution is 2.33. The van der Waals surface area contributed by atoms with E-state index in [9.17, 15) is 13.2 Å². The average Bonchev–Trinajstić information content (AvgIpc) is 2.63. The van der Waals surface area contributed by atoms with Crippen LogP contribution in [0, 0.1) is 0 Å². The lowest BCUT2D eigenvalue weighted by atomic mass is 10.1. The Bertz CT molecular complexity index is 789. The van der Waals surface area contributed by atoms with Crippen LogP contribution in [0.1, 0.15) is 5.56 Å². The molecule has 19 heavy (non-hydrogen) atoms. The molecular weight excluding hydrogens is 257 g/mol. The van der Waals surface area contributed by atoms with Gasteiger partial charge in [-0.25, -0.2) is 0 Å². The third-order valence-corrected chi connectivity index (χ3v) is 3.03. The van der Waals surface area contributed by atoms with Crippen molar-refractivity contribution in [1.29, 1.82) is 0 Å². The highest BCUT2D eigenvalue weighted by molar-refractivity contribution is 6.06. The van der Waals surface area contributed by atoms with Gasteiger partial charge in [0, 0.05) is 18.6 Å². The molecule has 2 N–H and O–H groups in total. The molecule has 4 nitrogen and oxygen atoms in total. The predicted octanol–water partition coefficient (Wildman–Crippen LogP) is 2.72. The van der Waals surface area contributed by atoms with Crippen LogP contribution in [0.5, 0.6) is 0 Å². The number of hydrogen-bond donors (Lipinski definition) is 1. The van der Waals surface area contributed by atoms with E-state index in [1.807, 2.05) is 0 Å². The fraction of sp³-hybridized carbons (Fsp3) is 0.167. The first-order chi connectivity index (χ1) is 8.88. The quantitative estimate of drug-likeness (QED) is 0.680. The van der Waals surface area contributed by atoms with Gasteiger partial charge in [0.05, 0.1) is 22.0 Å². The van der Waals surface area contributed by atoms with Gasteiger partial charge in [-0.1, -0.05) is 6.07 Å². The topological polar surface area (TPSA) is 56.7 Å². The molecule has 7 heteroatoms. The lowest BCUT2D eigenvalue weighted by molar-refractivity contribution is -0.137. The number of anilines is 1. The number of nitrogens with two attached hydrogens (primary N) is 1. The van der Waals surface area contributed by atoms with E-state index in [0.717, 1.165) is 12.1 Å². The Kier molecular flexibility index (Phi) is 2.23. The van der Waals surface area contributed by atoms with E-state index in [0.29, 0.717) is 22.1 Å². The molecule has 0 amide bonds. The van der Waals surface area contributed by atoms with Crippen molar-refractivity contribution in [2.45, 2.75) is 6.18 Å². The number of fused-ring (bicyclic) bond motifs is 3. The highest BCUT2D eigenvalue weighted by Gasteiger charge is 2.30. The van der Waals surface area contributed by atoms with Crippen molar-refractivity contribution < 1.29 is 13.2 Å². The van der Waals surface area contributed by atoms with Crippen LogP contribution in [0.4, 0.5) is 19.0 Å². The maximum absolute atomic E-state index is 12.6. The Labute approximate surface area is 105 Å². The molecule has 2 heterocycles. The fourth-order valence-corrected chi connectivity index (χ4v) is 2.16. The van der Waals surface area contributed by atoms with Crippen molar-refractivity contribution >= 4 is 27.6 Å². The van der Waals surface area contributed by atoms with E-state index in [1.165, 1.54) is 12.3 Å². The second-order valence-electron chi connectivity index (χ2n) is 4.26. The number of benzene rings is 1. The summed E-state index contributed by atoms with van der Waals surface area (Å²) in [5, 5.41) is 5.27. The fourth-order valence-electron chi connectivity index (χ4n) is 2.16. The maximum atomic E-state index is 12.6. The summed E-state index contributed by atoms with van der Waals surface area (Å²) in [6.45, 7) is 0. The summed E-state index contributed by atoms with van der Waals surface area (Å²) in [7, 11) is 1.69. The van der Waals surface area contributed by atoms with Gasteiger partial charge in [-0.2, -0.15) is 18.3 Å². The summed E-state index contributed by atoms with van der Waals surface area (Å²) < 4.78 is 39.5. The van der Waals surface area contributed by atoms with Crippen LogP contribution in [0.2, 0.25) is 0 Å². The summed E-state index contributed by atoms with van der Waals surface area (Å²) >= 11 is 0. The van der Waals surface area contributed by atoms with E-state index in [-0.39, 0.29) is 5.52 Å². The van der Waals surface area contributed by atoms with Crippen LogP contribution >= 0.6 is 0 Å². The average molecular weight is 266 g/mol. The number of pyridine rings is 1. The first kappa shape index (κ1) is 11.8. The van der Waals surface area contributed by atoms with Crippen LogP contribution in [-0.4, -0.2) is 14.8 Å². The zero-order valence-corrected chi connectivity index (χ0v) is 9.86. The molecular formula is C12H9F3N4. The summed E-state index contributed by atoms with van der Waals surface area (Å²) in [4.78, 5) is 4.02. The number of nitrogens with zero attached hydrogens (tertiary/aromatic N) is 3. The Morgan fingerprint density at radius 2 is 1.95 bits per heavy atom. The molecule has 0 spiro atoms. The molecule has 0 radical (unpaired) electrons. The lowest BCUT2D eigenvalue weighted by Gasteiger charge is -2.08. The van der Waals surface area contributed by atoms with E-state index < -0.39 is 11.7 Å². The van der Waals surface area contributed by atoms with Gasteiger partial charge in [0.1, 0.15) is 0 Å². The number of hydrogen-bond acceptors (Lipinski definition) is 3. The second kappa shape index (κ2) is 3.59. The van der Waals surface area contributed by atoms with Gasteiger partial charge in [0.15, 0.2) is 5.82 Å². The van der Waals surface area contributed by atoms with Crippen molar-refractivity contribution in [3.8, 4) is 0 Å². The van der Waals surface area contributed by atoms with Crippen molar-refractivity contribution in [1.82, 2.24) is 14.8 Å². The Balaban J connectivity index is 2.39. The molecule has 2 aromatic heterocycles. The monoisotopic (exact) mass is 266 g/mol. The molecule has 0 unspecified atom stereocenters. The van der Waals surface area contributed by atoms with Gasteiger partial charge in [0.2, 0.25) is 0 Å². The Morgan fingerprint density at radius 1 is 1.21 bits per heavy atom. The molecule has 0 atom stereocenters. The first-order valence-corrected chi connectivity index (χ1v) is 5.46. The molecule has 0 saturated heterocycles. The third-order valence-electron chi connectivity index (χ3n) is 3.03. The second-order valence-corrected chi connectivity index (χ2v) is 4.26. The predicted molar refractivity (Wildman–Crippen MR) is 65.4 cm³/mol. The zero-order valence-electron chi connectivity index (χ0n) is 9.86. The minimum Gasteiger partial charge on any atom is -0.382 e. The largest absolute Gasteiger partial charge is 0.416 e. The molecule has 0 aliphatic rings. The summed E-state index contributed by atoms with van der Waals surface area (Å²) in [5.74, 6) is 0.312. The smallest absolute Gasteiger partial charge is 0.382 e. The van der Waals surface area contributed by atoms with Crippen LogP contribution in [0.15, 0.2) is 24.4 Å². The maximum Gasteiger partial charge on any atom is 0.416 e. The van der Waals surface area contributed by atoms with Crippen LogP contribution in [-0.2, 0) is 13.2 Å². The van der Waals surface area contributed by atoms with Crippen LogP contribution in [0.3, 0.4) is 0 Å². The summed E-state index contributed by atoms with van der Waals surface area (Å²) in [6, 6.07) is 3.46. The van der Waals surface area contributed by atoms with E-state index in [2.05, 4.69) is 10.1 Å². The Morgan fingerprint density at radius 3 is 2.63 bits per heavy atom. The molecule has 0 bridgehead atoms. The molecule has 98 valence electrons. The van der Waals surface area contributed by atoms with E-state index >= 15 is 0 Å². The minimum absolute atomic E-state index is 0.269. The van der Waals surface area contributed by atoms with Crippen molar-refractivity contribution in [3.05, 3.63) is 30.0 Å². The molecule has 0 aliphatic carbocycles. The molecule has 3 rings (SSSR count). The zero-order chi connectivity index (χ0) is 13.8. The lowest BCUT2D eigenvalue weighted by Crippen LogP contribution is -2.04. The molecule has 1 aromatic carbocycles. The number of rotatable bonds is 0. The number of aryl methyl sites for hydroxylation is 1. The van der Waals surface area contributed by atoms with Crippen molar-refractivity contribution in [2.24, 2.45) is 7.05 Å². The van der Waals surface area contributed by atoms with Gasteiger partial charge in [-0.05, 0) is 12.1 Å². The summed E-state index contributed by atoms with van der Waals surface area (Å²) in [6.07, 6.45) is -2.93. The van der Waals surface area contributed by atoms with Crippen molar-refractivity contribution in [3.63, 3.8) is 0 Å². The molecule has 0 fully saturated rings. The van der Waals surface area contributed by atoms with Gasteiger partial charge >= 0.3 is 6.18 Å². The number of aromatic nitrogens is 3. The number of halogens is 3. The standard InChI is InChI=1S/C12H9F3N4/c1-19-10-7-3-2-6(12(13,14)15)4-9(7)17-5-8(10)11(16)18-19/h2-5H,1H3,(H2,16,18). The SMILES string of the molecule is Cn1nc(N)c2cnc3cc(C(F)(F)F)ccc3c21. The molecule has 0 aliphatic heterocycles. The van der Waals surface area contributed by atoms with Gasteiger partial charge < -0.3 is 5.73 Å². The summed E-state index contributed by atoms with van der Waals surface area (Å²) in [5.41, 5.74) is 5.94. The van der Waals surface area contributed by atoms with Crippen molar-refractivity contribution in [2.75, 3.05) is 5.73 Å². The number of nitrogen functional groups attached to an aromatic ring is 1. The van der Waals surface area contributed by atoms with Crippen LogP contribution < -0.4 is 5.73 Å². The van der Waals surface area contributed by atoms with Gasteiger partial charge in [0.25, 0.3) is 0 Å².